The van der Waals surface area contributed by atoms with Crippen LogP contribution in [0.2, 0.25) is 0 Å². The first-order valence-electron chi connectivity index (χ1n) is 12.8. The first-order valence-corrected chi connectivity index (χ1v) is 13.6. The molecule has 2 atom stereocenters. The molecular weight excluding hydrogens is 632 g/mol. The van der Waals surface area contributed by atoms with Gasteiger partial charge in [-0.25, -0.2) is 4.98 Å². The van der Waals surface area contributed by atoms with Crippen molar-refractivity contribution in [3.63, 3.8) is 0 Å². The van der Waals surface area contributed by atoms with Gasteiger partial charge in [-0.15, -0.1) is 0 Å². The van der Waals surface area contributed by atoms with E-state index in [0.717, 1.165) is 4.90 Å². The summed E-state index contributed by atoms with van der Waals surface area (Å²) >= 11 is 3.41. The average Bonchev–Trinajstić information content (AvgIpc) is 3.31. The highest BCUT2D eigenvalue weighted by atomic mass is 79.9. The summed E-state index contributed by atoms with van der Waals surface area (Å²) in [4.78, 5) is 21.2. The predicted octanol–water partition coefficient (Wildman–Crippen LogP) is 6.42. The van der Waals surface area contributed by atoms with Crippen LogP contribution in [0.15, 0.2) is 59.2 Å². The third-order valence-electron chi connectivity index (χ3n) is 7.41. The number of rotatable bonds is 6. The normalized spacial score (nSPS) is 18.0. The Bertz CT molecular complexity index is 1450. The fourth-order valence-electron chi connectivity index (χ4n) is 5.06. The monoisotopic (exact) mass is 659 g/mol. The topological polar surface area (TPSA) is 76.9 Å². The first kappa shape index (κ1) is 31.8. The molecule has 4 rings (SSSR count). The minimum atomic E-state index is -5.07. The molecule has 2 heterocycles. The van der Waals surface area contributed by atoms with Gasteiger partial charge < -0.3 is 20.0 Å². The molecule has 6 nitrogen and oxygen atoms in total. The minimum Gasteiger partial charge on any atom is -0.394 e. The van der Waals surface area contributed by atoms with Gasteiger partial charge in [0, 0.05) is 23.6 Å². The van der Waals surface area contributed by atoms with Crippen molar-refractivity contribution < 1.29 is 41.4 Å². The van der Waals surface area contributed by atoms with Crippen molar-refractivity contribution in [1.82, 2.24) is 4.98 Å². The van der Waals surface area contributed by atoms with E-state index in [9.17, 15) is 41.4 Å². The number of halogens is 7. The maximum absolute atomic E-state index is 13.9. The largest absolute Gasteiger partial charge is 0.416 e. The van der Waals surface area contributed by atoms with Crippen LogP contribution < -0.4 is 9.80 Å². The van der Waals surface area contributed by atoms with Gasteiger partial charge in [0.25, 0.3) is 0 Å². The van der Waals surface area contributed by atoms with Crippen LogP contribution in [0.25, 0.3) is 11.1 Å². The number of aliphatic hydroxyl groups is 2. The number of aromatic nitrogens is 1. The van der Waals surface area contributed by atoms with E-state index >= 15 is 0 Å². The highest BCUT2D eigenvalue weighted by molar-refractivity contribution is 9.10. The molecule has 1 saturated heterocycles. The van der Waals surface area contributed by atoms with Gasteiger partial charge in [0.05, 0.1) is 47.2 Å². The van der Waals surface area contributed by atoms with E-state index in [2.05, 4.69) is 20.9 Å². The zero-order chi connectivity index (χ0) is 31.2. The molecule has 1 aromatic heterocycles. The molecule has 226 valence electrons. The summed E-state index contributed by atoms with van der Waals surface area (Å²) in [6.07, 6.45) is -9.10. The number of carbonyl (C=O) groups is 1. The molecule has 0 aliphatic carbocycles. The molecule has 2 aromatic carbocycles. The van der Waals surface area contributed by atoms with Gasteiger partial charge in [0.15, 0.2) is 0 Å². The Morgan fingerprint density at radius 1 is 1.02 bits per heavy atom. The Hall–Kier alpha value is -3.16. The number of hydrogen-bond donors (Lipinski definition) is 2. The summed E-state index contributed by atoms with van der Waals surface area (Å²) in [5, 5.41) is 20.0. The second-order valence-electron chi connectivity index (χ2n) is 10.7. The summed E-state index contributed by atoms with van der Waals surface area (Å²) < 4.78 is 82.0. The van der Waals surface area contributed by atoms with Crippen LogP contribution in [0.4, 0.5) is 37.8 Å². The average molecular weight is 660 g/mol. The quantitative estimate of drug-likeness (QED) is 0.299. The van der Waals surface area contributed by atoms with Crippen molar-refractivity contribution in [1.29, 1.82) is 0 Å². The van der Waals surface area contributed by atoms with Crippen LogP contribution in [0.3, 0.4) is 0 Å². The smallest absolute Gasteiger partial charge is 0.394 e. The van der Waals surface area contributed by atoms with Gasteiger partial charge in [-0.1, -0.05) is 28.1 Å². The van der Waals surface area contributed by atoms with Crippen LogP contribution in [-0.2, 0) is 22.6 Å². The van der Waals surface area contributed by atoms with Crippen LogP contribution >= 0.6 is 15.9 Å². The van der Waals surface area contributed by atoms with Crippen LogP contribution in [0.1, 0.15) is 37.0 Å². The lowest BCUT2D eigenvalue weighted by atomic mass is 9.81. The molecule has 0 saturated carbocycles. The molecule has 0 spiro atoms. The van der Waals surface area contributed by atoms with Gasteiger partial charge in [-0.3, -0.25) is 4.79 Å². The number of alkyl halides is 6. The molecule has 2 N–H and O–H groups in total. The number of likely N-dealkylation sites (N-methyl/N-ethyl adjacent to an activating group) is 1. The predicted molar refractivity (Wildman–Crippen MR) is 149 cm³/mol. The minimum absolute atomic E-state index is 0.0245. The fourth-order valence-corrected chi connectivity index (χ4v) is 5.46. The van der Waals surface area contributed by atoms with Crippen molar-refractivity contribution in [2.75, 3.05) is 30.0 Å². The molecule has 1 aliphatic heterocycles. The van der Waals surface area contributed by atoms with E-state index in [-0.39, 0.29) is 24.9 Å². The maximum atomic E-state index is 13.9. The summed E-state index contributed by atoms with van der Waals surface area (Å²) in [6.45, 7) is 2.52. The number of amides is 1. The standard InChI is InChI=1S/C29H28BrF6N3O3/c1-27(2,17-8-18(28(31,32)33)10-19(9-17)29(34,35)36)26(42)38(3)24-13-37-25(39-14-22(41)11-21(39)15-40)12-23(24)16-5-4-6-20(30)7-16/h4-10,12-13,21-22,40-41H,11,14-15H2,1-3H3. The Morgan fingerprint density at radius 3 is 2.17 bits per heavy atom. The van der Waals surface area contributed by atoms with Crippen LogP contribution in [0.5, 0.6) is 0 Å². The summed E-state index contributed by atoms with van der Waals surface area (Å²) in [5.41, 5.74) is -3.91. The second kappa shape index (κ2) is 11.5. The fraction of sp³-hybridized carbons (Fsp3) is 0.379. The SMILES string of the molecule is CN(C(=O)C(C)(C)c1cc(C(F)(F)F)cc(C(F)(F)F)c1)c1cnc(N2CC(O)CC2CO)cc1-c1cccc(Br)c1. The number of anilines is 2. The first-order chi connectivity index (χ1) is 19.4. The van der Waals surface area contributed by atoms with Gasteiger partial charge in [-0.05, 0) is 67.8 Å². The highest BCUT2D eigenvalue weighted by Crippen LogP contribution is 2.41. The Morgan fingerprint density at radius 2 is 1.62 bits per heavy atom. The van der Waals surface area contributed by atoms with Crippen LogP contribution in [0, 0.1) is 0 Å². The Balaban J connectivity index is 1.81. The Kier molecular flexibility index (Phi) is 8.69. The third-order valence-corrected chi connectivity index (χ3v) is 7.90. The van der Waals surface area contributed by atoms with Gasteiger partial charge in [0.2, 0.25) is 5.91 Å². The van der Waals surface area contributed by atoms with E-state index in [1.54, 1.807) is 35.2 Å². The zero-order valence-corrected chi connectivity index (χ0v) is 24.3. The Labute approximate surface area is 246 Å². The van der Waals surface area contributed by atoms with Gasteiger partial charge in [-0.2, -0.15) is 26.3 Å². The van der Waals surface area contributed by atoms with Crippen molar-refractivity contribution in [3.05, 3.63) is 75.9 Å². The maximum Gasteiger partial charge on any atom is 0.416 e. The van der Waals surface area contributed by atoms with E-state index < -0.39 is 52.5 Å². The summed E-state index contributed by atoms with van der Waals surface area (Å²) in [7, 11) is 1.37. The molecule has 1 amide bonds. The van der Waals surface area contributed by atoms with Crippen molar-refractivity contribution in [3.8, 4) is 11.1 Å². The molecule has 42 heavy (non-hydrogen) atoms. The molecule has 0 bridgehead atoms. The number of hydrogen-bond acceptors (Lipinski definition) is 5. The zero-order valence-electron chi connectivity index (χ0n) is 22.8. The molecule has 13 heteroatoms. The lowest BCUT2D eigenvalue weighted by Gasteiger charge is -2.32. The number of carbonyl (C=O) groups excluding carboxylic acids is 1. The number of aliphatic hydroxyl groups excluding tert-OH is 2. The summed E-state index contributed by atoms with van der Waals surface area (Å²) in [6, 6.07) is 9.50. The molecular formula is C29H28BrF6N3O3. The molecule has 1 aliphatic rings. The number of β-amino-alcohol motifs (C(OH)–C–C–N with tert-alkyl or cyclic N) is 1. The lowest BCUT2D eigenvalue weighted by molar-refractivity contribution is -0.143. The summed E-state index contributed by atoms with van der Waals surface area (Å²) in [5.74, 6) is -0.359. The van der Waals surface area contributed by atoms with Crippen molar-refractivity contribution >= 4 is 33.3 Å². The van der Waals surface area contributed by atoms with E-state index in [4.69, 9.17) is 0 Å². The van der Waals surface area contributed by atoms with E-state index in [1.165, 1.54) is 27.1 Å². The molecule has 3 aromatic rings. The molecule has 2 unspecified atom stereocenters. The molecule has 1 fully saturated rings. The van der Waals surface area contributed by atoms with Crippen molar-refractivity contribution in [2.24, 2.45) is 0 Å². The van der Waals surface area contributed by atoms with Crippen LogP contribution in [-0.4, -0.2) is 53.4 Å². The number of pyridine rings is 1. The van der Waals surface area contributed by atoms with Gasteiger partial charge in [0.1, 0.15) is 5.82 Å². The van der Waals surface area contributed by atoms with E-state index in [0.29, 0.717) is 40.0 Å². The van der Waals surface area contributed by atoms with Gasteiger partial charge >= 0.3 is 12.4 Å². The third kappa shape index (κ3) is 6.42. The van der Waals surface area contributed by atoms with Crippen molar-refractivity contribution in [2.45, 2.75) is 50.2 Å². The highest BCUT2D eigenvalue weighted by Gasteiger charge is 2.41. The lowest BCUT2D eigenvalue weighted by Crippen LogP contribution is -2.42. The molecule has 0 radical (unpaired) electrons. The number of nitrogens with zero attached hydrogens (tertiary/aromatic N) is 3. The van der Waals surface area contributed by atoms with E-state index in [1.807, 2.05) is 0 Å². The number of benzene rings is 2. The second-order valence-corrected chi connectivity index (χ2v) is 11.6.